The van der Waals surface area contributed by atoms with Crippen molar-refractivity contribution in [3.63, 3.8) is 0 Å². The zero-order valence-electron chi connectivity index (χ0n) is 19.7. The van der Waals surface area contributed by atoms with E-state index in [-0.39, 0.29) is 46.4 Å². The van der Waals surface area contributed by atoms with Crippen molar-refractivity contribution in [2.75, 3.05) is 5.73 Å². The van der Waals surface area contributed by atoms with Gasteiger partial charge in [-0.2, -0.15) is 0 Å². The first-order chi connectivity index (χ1) is 15.6. The van der Waals surface area contributed by atoms with Crippen LogP contribution >= 0.6 is 0 Å². The van der Waals surface area contributed by atoms with Gasteiger partial charge in [0, 0.05) is 11.6 Å². The molecule has 0 aliphatic heterocycles. The molecule has 0 heterocycles. The molecule has 0 saturated heterocycles. The molecule has 4 aliphatic rings. The van der Waals surface area contributed by atoms with Crippen molar-refractivity contribution in [3.8, 4) is 0 Å². The monoisotopic (exact) mass is 451 g/mol. The number of anilines is 1. The van der Waals surface area contributed by atoms with E-state index in [1.54, 1.807) is 6.08 Å². The van der Waals surface area contributed by atoms with Crippen LogP contribution in [-0.4, -0.2) is 39.4 Å². The summed E-state index contributed by atoms with van der Waals surface area (Å²) in [5.41, 5.74) is 7.97. The van der Waals surface area contributed by atoms with Crippen LogP contribution in [0.5, 0.6) is 0 Å². The molecule has 0 amide bonds. The van der Waals surface area contributed by atoms with Gasteiger partial charge in [-0.05, 0) is 90.9 Å². The summed E-state index contributed by atoms with van der Waals surface area (Å²) in [6.45, 7) is 4.37. The number of aliphatic hydroxyl groups excluding tert-OH is 3. The van der Waals surface area contributed by atoms with Crippen molar-refractivity contribution < 1.29 is 20.1 Å². The molecule has 0 spiro atoms. The molecule has 5 rings (SSSR count). The fourth-order valence-corrected chi connectivity index (χ4v) is 8.12. The third-order valence-electron chi connectivity index (χ3n) is 9.76. The van der Waals surface area contributed by atoms with Crippen molar-refractivity contribution in [2.45, 2.75) is 70.7 Å². The van der Waals surface area contributed by atoms with Gasteiger partial charge in [0.2, 0.25) is 0 Å². The number of allylic oxidation sites excluding steroid dienone is 1. The first kappa shape index (κ1) is 22.8. The van der Waals surface area contributed by atoms with Gasteiger partial charge in [-0.3, -0.25) is 4.79 Å². The van der Waals surface area contributed by atoms with Gasteiger partial charge in [-0.15, -0.1) is 0 Å². The predicted octanol–water partition coefficient (Wildman–Crippen LogP) is 3.73. The van der Waals surface area contributed by atoms with E-state index in [1.807, 2.05) is 36.4 Å². The van der Waals surface area contributed by atoms with Gasteiger partial charge in [0.15, 0.2) is 5.78 Å². The number of nitrogens with two attached hydrogens (primary N) is 1. The lowest BCUT2D eigenvalue weighted by Gasteiger charge is -2.60. The average molecular weight is 452 g/mol. The SMILES string of the molecule is C[C@]12C[C@@H](O)[C@H]3[C@@H]([C@H](O)C=C4C[C@@H](O)CC[C@@]43C)[C@@H]1CC[C@@H]2C(=O)/C=C/c1ccc(N)cc1. The van der Waals surface area contributed by atoms with Gasteiger partial charge in [0.1, 0.15) is 0 Å². The normalized spacial score (nSPS) is 44.6. The van der Waals surface area contributed by atoms with E-state index in [0.717, 1.165) is 36.8 Å². The topological polar surface area (TPSA) is 104 Å². The number of benzene rings is 1. The Morgan fingerprint density at radius 2 is 1.82 bits per heavy atom. The van der Waals surface area contributed by atoms with Gasteiger partial charge in [-0.25, -0.2) is 0 Å². The molecule has 1 aromatic carbocycles. The van der Waals surface area contributed by atoms with Gasteiger partial charge < -0.3 is 21.1 Å². The lowest BCUT2D eigenvalue weighted by Crippen LogP contribution is -2.60. The molecule has 33 heavy (non-hydrogen) atoms. The zero-order chi connectivity index (χ0) is 23.5. The smallest absolute Gasteiger partial charge is 0.159 e. The average Bonchev–Trinajstić information content (AvgIpc) is 3.10. The van der Waals surface area contributed by atoms with Crippen molar-refractivity contribution in [2.24, 2.45) is 34.5 Å². The highest BCUT2D eigenvalue weighted by Gasteiger charge is 2.64. The quantitative estimate of drug-likeness (QED) is 0.318. The van der Waals surface area contributed by atoms with E-state index in [0.29, 0.717) is 18.5 Å². The minimum atomic E-state index is -0.637. The van der Waals surface area contributed by atoms with Crippen LogP contribution in [0.2, 0.25) is 0 Å². The standard InChI is InChI=1S/C28H37NO4/c1-27-12-11-19(30)13-17(27)14-23(32)25-21-9-8-20(28(21,2)15-24(33)26(25)27)22(31)10-5-16-3-6-18(29)7-4-16/h3-7,10,14,19-21,23-26,30,32-33H,8-9,11-13,15,29H2,1-2H3/b10-5+/t19-,20+,21-,23+,24+,25+,26-,27-,28+/m0/s1. The maximum absolute atomic E-state index is 13.3. The Hall–Kier alpha value is -1.95. The fourth-order valence-electron chi connectivity index (χ4n) is 8.12. The maximum Gasteiger partial charge on any atom is 0.159 e. The number of aliphatic hydroxyl groups is 3. The summed E-state index contributed by atoms with van der Waals surface area (Å²) in [6.07, 6.45) is 8.37. The van der Waals surface area contributed by atoms with Crippen molar-refractivity contribution >= 4 is 17.5 Å². The minimum absolute atomic E-state index is 0.0303. The van der Waals surface area contributed by atoms with Crippen molar-refractivity contribution in [3.05, 3.63) is 47.6 Å². The number of hydrogen-bond donors (Lipinski definition) is 4. The zero-order valence-corrected chi connectivity index (χ0v) is 19.7. The van der Waals surface area contributed by atoms with Crippen LogP contribution in [0.3, 0.4) is 0 Å². The Kier molecular flexibility index (Phi) is 5.58. The van der Waals surface area contributed by atoms with E-state index in [9.17, 15) is 20.1 Å². The number of carbonyl (C=O) groups excluding carboxylic acids is 1. The Morgan fingerprint density at radius 3 is 2.55 bits per heavy atom. The van der Waals surface area contributed by atoms with Gasteiger partial charge in [0.05, 0.1) is 18.3 Å². The highest BCUT2D eigenvalue weighted by molar-refractivity contribution is 5.96. The summed E-state index contributed by atoms with van der Waals surface area (Å²) < 4.78 is 0. The summed E-state index contributed by atoms with van der Waals surface area (Å²) in [7, 11) is 0. The second kappa shape index (κ2) is 8.07. The van der Waals surface area contributed by atoms with E-state index in [2.05, 4.69) is 13.8 Å². The molecule has 5 heteroatoms. The molecular formula is C28H37NO4. The number of ketones is 1. The molecule has 5 nitrogen and oxygen atoms in total. The molecule has 3 fully saturated rings. The number of fused-ring (bicyclic) bond motifs is 5. The number of rotatable bonds is 3. The minimum Gasteiger partial charge on any atom is -0.399 e. The third-order valence-corrected chi connectivity index (χ3v) is 9.76. The van der Waals surface area contributed by atoms with Crippen LogP contribution < -0.4 is 5.73 Å². The first-order valence-corrected chi connectivity index (χ1v) is 12.5. The molecule has 0 unspecified atom stereocenters. The van der Waals surface area contributed by atoms with Gasteiger partial charge >= 0.3 is 0 Å². The third kappa shape index (κ3) is 3.60. The van der Waals surface area contributed by atoms with Crippen LogP contribution in [0.25, 0.3) is 6.08 Å². The Morgan fingerprint density at radius 1 is 1.09 bits per heavy atom. The molecule has 1 aromatic rings. The van der Waals surface area contributed by atoms with E-state index < -0.39 is 12.2 Å². The number of nitrogen functional groups attached to an aromatic ring is 1. The highest BCUT2D eigenvalue weighted by Crippen LogP contribution is 2.66. The van der Waals surface area contributed by atoms with Crippen LogP contribution in [0.1, 0.15) is 57.9 Å². The molecule has 0 aromatic heterocycles. The molecule has 5 N–H and O–H groups in total. The van der Waals surface area contributed by atoms with Crippen LogP contribution in [0, 0.1) is 34.5 Å². The van der Waals surface area contributed by atoms with Crippen LogP contribution in [0.15, 0.2) is 42.0 Å². The van der Waals surface area contributed by atoms with Crippen molar-refractivity contribution in [1.29, 1.82) is 0 Å². The molecule has 178 valence electrons. The molecule has 3 saturated carbocycles. The Labute approximate surface area is 196 Å². The Bertz CT molecular complexity index is 984. The molecule has 0 bridgehead atoms. The highest BCUT2D eigenvalue weighted by atomic mass is 16.3. The van der Waals surface area contributed by atoms with Crippen LogP contribution in [0.4, 0.5) is 5.69 Å². The molecule has 9 atom stereocenters. The predicted molar refractivity (Wildman–Crippen MR) is 129 cm³/mol. The lowest BCUT2D eigenvalue weighted by atomic mass is 9.45. The van der Waals surface area contributed by atoms with E-state index >= 15 is 0 Å². The van der Waals surface area contributed by atoms with Gasteiger partial charge in [-0.1, -0.05) is 43.7 Å². The van der Waals surface area contributed by atoms with E-state index in [4.69, 9.17) is 5.73 Å². The second-order valence-electron chi connectivity index (χ2n) is 11.5. The molecule has 0 radical (unpaired) electrons. The molecular weight excluding hydrogens is 414 g/mol. The Balaban J connectivity index is 1.42. The summed E-state index contributed by atoms with van der Waals surface area (Å²) >= 11 is 0. The van der Waals surface area contributed by atoms with Crippen molar-refractivity contribution in [1.82, 2.24) is 0 Å². The molecule has 4 aliphatic carbocycles. The number of carbonyl (C=O) groups is 1. The lowest BCUT2D eigenvalue weighted by molar-refractivity contribution is -0.156. The summed E-state index contributed by atoms with van der Waals surface area (Å²) in [5.74, 6) is 0.0674. The van der Waals surface area contributed by atoms with E-state index in [1.165, 1.54) is 0 Å². The summed E-state index contributed by atoms with van der Waals surface area (Å²) in [6, 6.07) is 7.45. The first-order valence-electron chi connectivity index (χ1n) is 12.5. The second-order valence-corrected chi connectivity index (χ2v) is 11.5. The number of hydrogen-bond acceptors (Lipinski definition) is 5. The summed E-state index contributed by atoms with van der Waals surface area (Å²) in [5, 5.41) is 32.9. The van der Waals surface area contributed by atoms with Crippen LogP contribution in [-0.2, 0) is 4.79 Å². The maximum atomic E-state index is 13.3. The largest absolute Gasteiger partial charge is 0.399 e. The fraction of sp³-hybridized carbons (Fsp3) is 0.607. The van der Waals surface area contributed by atoms with Gasteiger partial charge in [0.25, 0.3) is 0 Å². The summed E-state index contributed by atoms with van der Waals surface area (Å²) in [4.78, 5) is 13.3.